The van der Waals surface area contributed by atoms with Crippen LogP contribution in [0.1, 0.15) is 10.5 Å². The molecule has 0 radical (unpaired) electrons. The van der Waals surface area contributed by atoms with E-state index in [1.807, 2.05) is 0 Å². The van der Waals surface area contributed by atoms with E-state index in [2.05, 4.69) is 5.10 Å². The number of ketones is 1. The fraction of sp³-hybridized carbons (Fsp3) is 0.429. The van der Waals surface area contributed by atoms with Crippen LogP contribution in [0.15, 0.2) is 12.3 Å². The zero-order chi connectivity index (χ0) is 10.1. The highest BCUT2D eigenvalue weighted by molar-refractivity contribution is 7.91. The highest BCUT2D eigenvalue weighted by atomic mass is 32.2. The van der Waals surface area contributed by atoms with Crippen LogP contribution in [0.3, 0.4) is 0 Å². The molecule has 0 bridgehead atoms. The number of aromatic nitrogens is 2. The van der Waals surface area contributed by atoms with Gasteiger partial charge in [0.25, 0.3) is 0 Å². The minimum atomic E-state index is -3.26. The van der Waals surface area contributed by atoms with Crippen molar-refractivity contribution < 1.29 is 13.2 Å². The van der Waals surface area contributed by atoms with Gasteiger partial charge >= 0.3 is 0 Å². The van der Waals surface area contributed by atoms with Crippen LogP contribution in [0.5, 0.6) is 0 Å². The summed E-state index contributed by atoms with van der Waals surface area (Å²) in [5.74, 6) is -0.894. The van der Waals surface area contributed by atoms with Crippen molar-refractivity contribution in [1.82, 2.24) is 9.78 Å². The van der Waals surface area contributed by atoms with E-state index in [1.165, 1.54) is 16.9 Å². The van der Waals surface area contributed by atoms with Gasteiger partial charge in [0.05, 0.1) is 0 Å². The Morgan fingerprint density at radius 2 is 2.23 bits per heavy atom. The van der Waals surface area contributed by atoms with Gasteiger partial charge in [0.15, 0.2) is 15.6 Å². The van der Waals surface area contributed by atoms with Gasteiger partial charge in [-0.3, -0.25) is 9.48 Å². The molecule has 1 aromatic heterocycles. The molecule has 1 heterocycles. The van der Waals surface area contributed by atoms with Gasteiger partial charge < -0.3 is 0 Å². The first kappa shape index (κ1) is 9.91. The first-order valence-electron chi connectivity index (χ1n) is 3.59. The first-order chi connectivity index (χ1) is 5.90. The lowest BCUT2D eigenvalue weighted by molar-refractivity contribution is 0.101. The number of carbonyl (C=O) groups is 1. The fourth-order valence-electron chi connectivity index (χ4n) is 0.959. The number of carbonyl (C=O) groups excluding carboxylic acids is 1. The predicted octanol–water partition coefficient (Wildman–Crippen LogP) is -0.353. The molecule has 0 aliphatic carbocycles. The molecule has 0 unspecified atom stereocenters. The summed E-state index contributed by atoms with van der Waals surface area (Å²) in [6, 6.07) is 1.49. The van der Waals surface area contributed by atoms with E-state index in [1.54, 1.807) is 7.05 Å². The standard InChI is InChI=1S/C7H10N2O3S/c1-9-6(3-4-8-9)7(10)5-13(2,11)12/h3-4H,5H2,1-2H3. The van der Waals surface area contributed by atoms with E-state index in [4.69, 9.17) is 0 Å². The van der Waals surface area contributed by atoms with Crippen LogP contribution in [0, 0.1) is 0 Å². The van der Waals surface area contributed by atoms with Crippen LogP contribution in [0.25, 0.3) is 0 Å². The molecule has 0 saturated heterocycles. The molecular formula is C7H10N2O3S. The number of aryl methyl sites for hydroxylation is 1. The van der Waals surface area contributed by atoms with Crippen LogP contribution in [0.4, 0.5) is 0 Å². The lowest BCUT2D eigenvalue weighted by Gasteiger charge is -1.98. The van der Waals surface area contributed by atoms with Gasteiger partial charge in [-0.1, -0.05) is 0 Å². The molecule has 0 N–H and O–H groups in total. The molecule has 6 heteroatoms. The van der Waals surface area contributed by atoms with Crippen molar-refractivity contribution in [1.29, 1.82) is 0 Å². The van der Waals surface area contributed by atoms with Crippen molar-refractivity contribution in [3.8, 4) is 0 Å². The number of hydrogen-bond acceptors (Lipinski definition) is 4. The quantitative estimate of drug-likeness (QED) is 0.628. The van der Waals surface area contributed by atoms with Gasteiger partial charge in [0.2, 0.25) is 0 Å². The Labute approximate surface area is 76.3 Å². The van der Waals surface area contributed by atoms with Gasteiger partial charge in [0.1, 0.15) is 11.4 Å². The number of rotatable bonds is 3. The third-order valence-corrected chi connectivity index (χ3v) is 2.29. The molecule has 0 aliphatic heterocycles. The van der Waals surface area contributed by atoms with Gasteiger partial charge in [-0.05, 0) is 6.07 Å². The molecule has 0 atom stereocenters. The fourth-order valence-corrected chi connectivity index (χ4v) is 1.58. The maximum absolute atomic E-state index is 11.3. The monoisotopic (exact) mass is 202 g/mol. The third kappa shape index (κ3) is 2.66. The number of hydrogen-bond donors (Lipinski definition) is 0. The van der Waals surface area contributed by atoms with Crippen LogP contribution in [0.2, 0.25) is 0 Å². The maximum Gasteiger partial charge on any atom is 0.195 e. The van der Waals surface area contributed by atoms with Gasteiger partial charge in [-0.15, -0.1) is 0 Å². The lowest BCUT2D eigenvalue weighted by atomic mass is 10.3. The predicted molar refractivity (Wildman–Crippen MR) is 47.2 cm³/mol. The Hall–Kier alpha value is -1.17. The van der Waals surface area contributed by atoms with Crippen LogP contribution >= 0.6 is 0 Å². The summed E-state index contributed by atoms with van der Waals surface area (Å²) in [6.07, 6.45) is 2.48. The zero-order valence-electron chi connectivity index (χ0n) is 7.39. The third-order valence-electron chi connectivity index (χ3n) is 1.50. The molecule has 0 fully saturated rings. The van der Waals surface area contributed by atoms with Crippen LogP contribution in [-0.4, -0.2) is 36.0 Å². The van der Waals surface area contributed by atoms with Gasteiger partial charge in [-0.2, -0.15) is 5.10 Å². The average molecular weight is 202 g/mol. The Morgan fingerprint density at radius 1 is 1.62 bits per heavy atom. The highest BCUT2D eigenvalue weighted by Crippen LogP contribution is 1.99. The smallest absolute Gasteiger partial charge is 0.195 e. The summed E-state index contributed by atoms with van der Waals surface area (Å²) < 4.78 is 22.9. The number of Topliss-reactive ketones (excluding diaryl/α,β-unsaturated/α-hetero) is 1. The summed E-state index contributed by atoms with van der Waals surface area (Å²) in [5.41, 5.74) is 0.311. The first-order valence-corrected chi connectivity index (χ1v) is 5.65. The van der Waals surface area contributed by atoms with Crippen molar-refractivity contribution >= 4 is 15.6 Å². The topological polar surface area (TPSA) is 69.0 Å². The van der Waals surface area contributed by atoms with Crippen molar-refractivity contribution in [2.75, 3.05) is 12.0 Å². The van der Waals surface area contributed by atoms with Crippen molar-refractivity contribution in [2.24, 2.45) is 7.05 Å². The summed E-state index contributed by atoms with van der Waals surface area (Å²) in [5, 5.41) is 3.77. The van der Waals surface area contributed by atoms with E-state index in [-0.39, 0.29) is 0 Å². The highest BCUT2D eigenvalue weighted by Gasteiger charge is 2.15. The largest absolute Gasteiger partial charge is 0.291 e. The average Bonchev–Trinajstić information content (AvgIpc) is 2.30. The summed E-state index contributed by atoms with van der Waals surface area (Å²) in [4.78, 5) is 11.3. The van der Waals surface area contributed by atoms with Gasteiger partial charge in [-0.25, -0.2) is 8.42 Å². The molecule has 0 spiro atoms. The van der Waals surface area contributed by atoms with Crippen LogP contribution < -0.4 is 0 Å². The Balaban J connectivity index is 2.88. The normalized spacial score (nSPS) is 11.5. The van der Waals surface area contributed by atoms with E-state index in [0.717, 1.165) is 6.26 Å². The van der Waals surface area contributed by atoms with Crippen LogP contribution in [-0.2, 0) is 16.9 Å². The summed E-state index contributed by atoms with van der Waals surface area (Å²) in [6.45, 7) is 0. The molecule has 1 rings (SSSR count). The summed E-state index contributed by atoms with van der Waals surface area (Å²) in [7, 11) is -1.66. The molecular weight excluding hydrogens is 192 g/mol. The zero-order valence-corrected chi connectivity index (χ0v) is 8.21. The molecule has 0 aliphatic rings. The number of nitrogens with zero attached hydrogens (tertiary/aromatic N) is 2. The molecule has 72 valence electrons. The summed E-state index contributed by atoms with van der Waals surface area (Å²) >= 11 is 0. The lowest BCUT2D eigenvalue weighted by Crippen LogP contribution is -2.17. The second-order valence-corrected chi connectivity index (χ2v) is 4.97. The van der Waals surface area contributed by atoms with E-state index < -0.39 is 21.4 Å². The van der Waals surface area contributed by atoms with Gasteiger partial charge in [0, 0.05) is 19.5 Å². The van der Waals surface area contributed by atoms with Crippen molar-refractivity contribution in [2.45, 2.75) is 0 Å². The SMILES string of the molecule is Cn1nccc1C(=O)CS(C)(=O)=O. The minimum absolute atomic E-state index is 0.311. The van der Waals surface area contributed by atoms with Crippen molar-refractivity contribution in [3.63, 3.8) is 0 Å². The maximum atomic E-state index is 11.3. The molecule has 13 heavy (non-hydrogen) atoms. The molecule has 0 aromatic carbocycles. The Kier molecular flexibility index (Phi) is 2.51. The Morgan fingerprint density at radius 3 is 2.62 bits per heavy atom. The molecule has 1 aromatic rings. The molecule has 0 amide bonds. The number of sulfone groups is 1. The minimum Gasteiger partial charge on any atom is -0.291 e. The second kappa shape index (κ2) is 3.29. The Bertz CT molecular complexity index is 419. The van der Waals surface area contributed by atoms with E-state index >= 15 is 0 Å². The molecule has 5 nitrogen and oxygen atoms in total. The second-order valence-electron chi connectivity index (χ2n) is 2.83. The van der Waals surface area contributed by atoms with Crippen molar-refractivity contribution in [3.05, 3.63) is 18.0 Å². The van der Waals surface area contributed by atoms with E-state index in [0.29, 0.717) is 5.69 Å². The van der Waals surface area contributed by atoms with E-state index in [9.17, 15) is 13.2 Å². The molecule has 0 saturated carbocycles.